The number of fused-ring (bicyclic) bond motifs is 1. The van der Waals surface area contributed by atoms with Crippen molar-refractivity contribution in [3.63, 3.8) is 0 Å². The Balaban J connectivity index is 2.32. The van der Waals surface area contributed by atoms with Crippen LogP contribution in [0.25, 0.3) is 0 Å². The van der Waals surface area contributed by atoms with Crippen LogP contribution in [-0.2, 0) is 11.3 Å². The SMILES string of the molecule is Cc1ccc(N)c2c1C(=O)N(C(=O)OC(C)(C)C)C2. The molecule has 5 nitrogen and oxygen atoms in total. The number of nitrogens with zero attached hydrogens (tertiary/aromatic N) is 1. The second-order valence-electron chi connectivity index (χ2n) is 5.70. The summed E-state index contributed by atoms with van der Waals surface area (Å²) in [4.78, 5) is 25.4. The van der Waals surface area contributed by atoms with Crippen molar-refractivity contribution in [3.8, 4) is 0 Å². The van der Waals surface area contributed by atoms with E-state index in [0.29, 0.717) is 16.8 Å². The largest absolute Gasteiger partial charge is 0.443 e. The lowest BCUT2D eigenvalue weighted by Gasteiger charge is -2.23. The lowest BCUT2D eigenvalue weighted by Crippen LogP contribution is -2.37. The highest BCUT2D eigenvalue weighted by atomic mass is 16.6. The molecule has 2 rings (SSSR count). The maximum absolute atomic E-state index is 12.3. The molecule has 5 heteroatoms. The van der Waals surface area contributed by atoms with Crippen molar-refractivity contribution in [2.45, 2.75) is 39.8 Å². The quantitative estimate of drug-likeness (QED) is 0.729. The maximum atomic E-state index is 12.3. The average molecular weight is 262 g/mol. The third-order valence-electron chi connectivity index (χ3n) is 2.95. The van der Waals surface area contributed by atoms with Gasteiger partial charge >= 0.3 is 6.09 Å². The summed E-state index contributed by atoms with van der Waals surface area (Å²) >= 11 is 0. The predicted octanol–water partition coefficient (Wildman–Crippen LogP) is 2.47. The van der Waals surface area contributed by atoms with E-state index < -0.39 is 11.7 Å². The van der Waals surface area contributed by atoms with Crippen molar-refractivity contribution in [1.82, 2.24) is 4.90 Å². The Bertz CT molecular complexity index is 559. The summed E-state index contributed by atoms with van der Waals surface area (Å²) in [5.41, 5.74) is 7.80. The van der Waals surface area contributed by atoms with Crippen LogP contribution in [0.5, 0.6) is 0 Å². The standard InChI is InChI=1S/C14H18N2O3/c1-8-5-6-10(15)9-7-16(12(17)11(8)9)13(18)19-14(2,3)4/h5-6H,7,15H2,1-4H3. The number of hydrogen-bond donors (Lipinski definition) is 1. The summed E-state index contributed by atoms with van der Waals surface area (Å²) in [5.74, 6) is -0.339. The Morgan fingerprint density at radius 1 is 1.37 bits per heavy atom. The van der Waals surface area contributed by atoms with E-state index in [4.69, 9.17) is 10.5 Å². The fourth-order valence-corrected chi connectivity index (χ4v) is 2.08. The van der Waals surface area contributed by atoms with E-state index in [2.05, 4.69) is 0 Å². The van der Waals surface area contributed by atoms with Gasteiger partial charge in [-0.05, 0) is 39.3 Å². The predicted molar refractivity (Wildman–Crippen MR) is 71.7 cm³/mol. The number of rotatable bonds is 0. The van der Waals surface area contributed by atoms with E-state index in [1.54, 1.807) is 32.9 Å². The minimum absolute atomic E-state index is 0.177. The number of carbonyl (C=O) groups excluding carboxylic acids is 2. The number of nitrogens with two attached hydrogens (primary N) is 1. The molecule has 0 bridgehead atoms. The van der Waals surface area contributed by atoms with Gasteiger partial charge in [0.15, 0.2) is 0 Å². The van der Waals surface area contributed by atoms with Crippen molar-refractivity contribution >= 4 is 17.7 Å². The molecule has 2 amide bonds. The Labute approximate surface area is 112 Å². The lowest BCUT2D eigenvalue weighted by molar-refractivity contribution is 0.0248. The van der Waals surface area contributed by atoms with Crippen molar-refractivity contribution in [2.75, 3.05) is 5.73 Å². The van der Waals surface area contributed by atoms with Crippen LogP contribution in [0.4, 0.5) is 10.5 Å². The Morgan fingerprint density at radius 2 is 2.00 bits per heavy atom. The van der Waals surface area contributed by atoms with E-state index >= 15 is 0 Å². The summed E-state index contributed by atoms with van der Waals surface area (Å²) in [6.45, 7) is 7.29. The topological polar surface area (TPSA) is 72.6 Å². The molecule has 0 spiro atoms. The van der Waals surface area contributed by atoms with Gasteiger partial charge in [0.2, 0.25) is 0 Å². The molecule has 0 fully saturated rings. The van der Waals surface area contributed by atoms with E-state index in [9.17, 15) is 9.59 Å². The first-order valence-electron chi connectivity index (χ1n) is 6.13. The van der Waals surface area contributed by atoms with Gasteiger partial charge in [0.05, 0.1) is 12.1 Å². The third kappa shape index (κ3) is 2.41. The van der Waals surface area contributed by atoms with Crippen LogP contribution < -0.4 is 5.73 Å². The highest BCUT2D eigenvalue weighted by Crippen LogP contribution is 2.31. The number of benzene rings is 1. The maximum Gasteiger partial charge on any atom is 0.417 e. The molecular weight excluding hydrogens is 244 g/mol. The summed E-state index contributed by atoms with van der Waals surface area (Å²) in [6, 6.07) is 3.53. The smallest absolute Gasteiger partial charge is 0.417 e. The van der Waals surface area contributed by atoms with Crippen LogP contribution in [0, 0.1) is 6.92 Å². The minimum atomic E-state index is -0.632. The Kier molecular flexibility index (Phi) is 3.00. The number of carbonyl (C=O) groups is 2. The van der Waals surface area contributed by atoms with Crippen molar-refractivity contribution in [2.24, 2.45) is 0 Å². The van der Waals surface area contributed by atoms with Crippen LogP contribution in [0.1, 0.15) is 42.3 Å². The fourth-order valence-electron chi connectivity index (χ4n) is 2.08. The van der Waals surface area contributed by atoms with Gasteiger partial charge in [-0.25, -0.2) is 9.69 Å². The Morgan fingerprint density at radius 3 is 2.53 bits per heavy atom. The van der Waals surface area contributed by atoms with Gasteiger partial charge in [0, 0.05) is 11.3 Å². The molecule has 1 heterocycles. The number of imide groups is 1. The third-order valence-corrected chi connectivity index (χ3v) is 2.95. The number of aryl methyl sites for hydroxylation is 1. The molecule has 1 aliphatic rings. The minimum Gasteiger partial charge on any atom is -0.443 e. The lowest BCUT2D eigenvalue weighted by atomic mass is 10.0. The van der Waals surface area contributed by atoms with Crippen LogP contribution in [0.2, 0.25) is 0 Å². The van der Waals surface area contributed by atoms with Crippen molar-refractivity contribution in [1.29, 1.82) is 0 Å². The van der Waals surface area contributed by atoms with Gasteiger partial charge in [-0.3, -0.25) is 4.79 Å². The highest BCUT2D eigenvalue weighted by molar-refractivity contribution is 6.08. The molecular formula is C14H18N2O3. The molecule has 1 aromatic rings. The van der Waals surface area contributed by atoms with Crippen LogP contribution in [-0.4, -0.2) is 22.5 Å². The molecule has 1 aromatic carbocycles. The van der Waals surface area contributed by atoms with Crippen LogP contribution >= 0.6 is 0 Å². The fraction of sp³-hybridized carbons (Fsp3) is 0.429. The van der Waals surface area contributed by atoms with Crippen molar-refractivity contribution in [3.05, 3.63) is 28.8 Å². The first-order valence-corrected chi connectivity index (χ1v) is 6.13. The van der Waals surface area contributed by atoms with Gasteiger partial charge in [-0.1, -0.05) is 6.07 Å². The normalized spacial score (nSPS) is 14.5. The molecule has 0 unspecified atom stereocenters. The van der Waals surface area contributed by atoms with Crippen LogP contribution in [0.15, 0.2) is 12.1 Å². The van der Waals surface area contributed by atoms with Gasteiger partial charge < -0.3 is 10.5 Å². The summed E-state index contributed by atoms with van der Waals surface area (Å²) in [5, 5.41) is 0. The molecule has 1 aliphatic heterocycles. The summed E-state index contributed by atoms with van der Waals surface area (Å²) in [7, 11) is 0. The summed E-state index contributed by atoms with van der Waals surface area (Å²) in [6.07, 6.45) is -0.632. The second-order valence-corrected chi connectivity index (χ2v) is 5.70. The van der Waals surface area contributed by atoms with Gasteiger partial charge in [-0.2, -0.15) is 0 Å². The van der Waals surface area contributed by atoms with E-state index in [1.165, 1.54) is 0 Å². The Hall–Kier alpha value is -2.04. The molecule has 0 aromatic heterocycles. The molecule has 0 saturated carbocycles. The first-order chi connectivity index (χ1) is 8.70. The first kappa shape index (κ1) is 13.4. The van der Waals surface area contributed by atoms with Gasteiger partial charge in [0.1, 0.15) is 5.60 Å². The number of amides is 2. The molecule has 0 aliphatic carbocycles. The van der Waals surface area contributed by atoms with E-state index in [1.807, 2.05) is 6.92 Å². The summed E-state index contributed by atoms with van der Waals surface area (Å²) < 4.78 is 5.23. The molecule has 2 N–H and O–H groups in total. The molecule has 0 saturated heterocycles. The monoisotopic (exact) mass is 262 g/mol. The van der Waals surface area contributed by atoms with Crippen LogP contribution in [0.3, 0.4) is 0 Å². The van der Waals surface area contributed by atoms with E-state index in [0.717, 1.165) is 10.5 Å². The highest BCUT2D eigenvalue weighted by Gasteiger charge is 2.36. The molecule has 102 valence electrons. The zero-order chi connectivity index (χ0) is 14.4. The average Bonchev–Trinajstić information content (AvgIpc) is 2.61. The number of anilines is 1. The molecule has 19 heavy (non-hydrogen) atoms. The van der Waals surface area contributed by atoms with Gasteiger partial charge in [-0.15, -0.1) is 0 Å². The number of hydrogen-bond acceptors (Lipinski definition) is 4. The van der Waals surface area contributed by atoms with Gasteiger partial charge in [0.25, 0.3) is 5.91 Å². The number of nitrogen functional groups attached to an aromatic ring is 1. The molecule has 0 radical (unpaired) electrons. The zero-order valence-corrected chi connectivity index (χ0v) is 11.6. The number of ether oxygens (including phenoxy) is 1. The van der Waals surface area contributed by atoms with E-state index in [-0.39, 0.29) is 12.5 Å². The zero-order valence-electron chi connectivity index (χ0n) is 11.6. The van der Waals surface area contributed by atoms with Crippen molar-refractivity contribution < 1.29 is 14.3 Å². The molecule has 0 atom stereocenters. The second kappa shape index (κ2) is 4.26.